The first-order valence-electron chi connectivity index (χ1n) is 10.1. The second-order valence-corrected chi connectivity index (χ2v) is 8.96. The number of halogens is 4. The number of carbonyl (C=O) groups excluding carboxylic acids is 2. The van der Waals surface area contributed by atoms with Gasteiger partial charge in [-0.2, -0.15) is 8.78 Å². The molecular weight excluding hydrogens is 380 g/mol. The predicted octanol–water partition coefficient (Wildman–Crippen LogP) is 4.75. The molecule has 4 nitrogen and oxygen atoms in total. The molecule has 0 saturated heterocycles. The fourth-order valence-corrected chi connectivity index (χ4v) is 5.74. The Hall–Kier alpha value is -1.34. The highest BCUT2D eigenvalue weighted by Gasteiger charge is 2.50. The van der Waals surface area contributed by atoms with Crippen LogP contribution in [0.5, 0.6) is 0 Å². The maximum Gasteiger partial charge on any atom is 0.340 e. The highest BCUT2D eigenvalue weighted by molar-refractivity contribution is 5.72. The zero-order valence-electron chi connectivity index (χ0n) is 15.9. The van der Waals surface area contributed by atoms with E-state index >= 15 is 0 Å². The van der Waals surface area contributed by atoms with E-state index in [2.05, 4.69) is 4.74 Å². The molecule has 0 amide bonds. The molecular formula is C20H28F4O4. The van der Waals surface area contributed by atoms with Crippen LogP contribution in [0.25, 0.3) is 0 Å². The summed E-state index contributed by atoms with van der Waals surface area (Å²) in [5, 5.41) is 0. The number of esters is 2. The van der Waals surface area contributed by atoms with Crippen molar-refractivity contribution in [3.8, 4) is 0 Å². The van der Waals surface area contributed by atoms with Gasteiger partial charge in [0, 0.05) is 12.8 Å². The summed E-state index contributed by atoms with van der Waals surface area (Å²) in [5.41, 5.74) is 0.328. The first-order chi connectivity index (χ1) is 13.2. The molecule has 4 aliphatic carbocycles. The summed E-state index contributed by atoms with van der Waals surface area (Å²) in [7, 11) is 0. The summed E-state index contributed by atoms with van der Waals surface area (Å²) >= 11 is 0. The van der Waals surface area contributed by atoms with Crippen LogP contribution < -0.4 is 0 Å². The lowest BCUT2D eigenvalue weighted by molar-refractivity contribution is -0.179. The minimum atomic E-state index is -4.36. The van der Waals surface area contributed by atoms with Crippen molar-refractivity contribution in [2.24, 2.45) is 23.2 Å². The molecule has 0 aromatic rings. The van der Waals surface area contributed by atoms with Crippen molar-refractivity contribution in [1.29, 1.82) is 0 Å². The van der Waals surface area contributed by atoms with E-state index in [1.54, 1.807) is 0 Å². The Bertz CT molecular complexity index is 543. The molecule has 0 heterocycles. The number of rotatable bonds is 10. The fourth-order valence-electron chi connectivity index (χ4n) is 5.74. The average molecular weight is 408 g/mol. The summed E-state index contributed by atoms with van der Waals surface area (Å²) in [5.74, 6) is -3.30. The number of ether oxygens (including phenoxy) is 2. The number of hydrogen-bond donors (Lipinski definition) is 0. The Balaban J connectivity index is 1.28. The Morgan fingerprint density at radius 1 is 0.929 bits per heavy atom. The van der Waals surface area contributed by atoms with Gasteiger partial charge in [0.25, 0.3) is 0 Å². The maximum atomic E-state index is 12.7. The Kier molecular flexibility index (Phi) is 6.54. The van der Waals surface area contributed by atoms with E-state index in [1.165, 1.54) is 38.5 Å². The monoisotopic (exact) mass is 408 g/mol. The molecule has 4 fully saturated rings. The van der Waals surface area contributed by atoms with Gasteiger partial charge >= 0.3 is 24.3 Å². The fraction of sp³-hybridized carbons (Fsp3) is 0.900. The molecule has 0 atom stereocenters. The van der Waals surface area contributed by atoms with Gasteiger partial charge in [-0.15, -0.1) is 0 Å². The van der Waals surface area contributed by atoms with Gasteiger partial charge in [-0.25, -0.2) is 8.78 Å². The SMILES string of the molecule is O=C(CCCC(=O)OCC(F)(F)C(F)F)OCCC12CC3CC(CC(C3)C1)C2. The van der Waals surface area contributed by atoms with Crippen LogP contribution in [0, 0.1) is 23.2 Å². The van der Waals surface area contributed by atoms with Crippen LogP contribution in [0.1, 0.15) is 64.2 Å². The summed E-state index contributed by atoms with van der Waals surface area (Å²) in [6, 6.07) is 0. The van der Waals surface area contributed by atoms with E-state index in [-0.39, 0.29) is 19.3 Å². The number of alkyl halides is 4. The van der Waals surface area contributed by atoms with E-state index in [4.69, 9.17) is 4.74 Å². The van der Waals surface area contributed by atoms with Gasteiger partial charge in [0.15, 0.2) is 6.61 Å². The minimum Gasteiger partial charge on any atom is -0.466 e. The van der Waals surface area contributed by atoms with Gasteiger partial charge in [-0.3, -0.25) is 9.59 Å². The van der Waals surface area contributed by atoms with E-state index in [0.29, 0.717) is 12.0 Å². The molecule has 8 heteroatoms. The second kappa shape index (κ2) is 8.57. The van der Waals surface area contributed by atoms with Crippen molar-refractivity contribution < 1.29 is 36.6 Å². The van der Waals surface area contributed by atoms with Crippen LogP contribution >= 0.6 is 0 Å². The molecule has 0 spiro atoms. The molecule has 28 heavy (non-hydrogen) atoms. The lowest BCUT2D eigenvalue weighted by Crippen LogP contribution is -2.46. The van der Waals surface area contributed by atoms with Crippen LogP contribution in [-0.2, 0) is 19.1 Å². The number of hydrogen-bond acceptors (Lipinski definition) is 4. The van der Waals surface area contributed by atoms with Gasteiger partial charge < -0.3 is 9.47 Å². The average Bonchev–Trinajstić information content (AvgIpc) is 2.58. The molecule has 160 valence electrons. The number of carbonyl (C=O) groups is 2. The van der Waals surface area contributed by atoms with E-state index in [0.717, 1.165) is 24.2 Å². The maximum absolute atomic E-state index is 12.7. The van der Waals surface area contributed by atoms with Crippen molar-refractivity contribution in [3.05, 3.63) is 0 Å². The zero-order valence-corrected chi connectivity index (χ0v) is 15.9. The molecule has 4 bridgehead atoms. The zero-order chi connectivity index (χ0) is 20.4. The first kappa shape index (κ1) is 21.4. The topological polar surface area (TPSA) is 52.6 Å². The lowest BCUT2D eigenvalue weighted by Gasteiger charge is -2.57. The third-order valence-electron chi connectivity index (χ3n) is 6.57. The molecule has 4 aliphatic rings. The highest BCUT2D eigenvalue weighted by Crippen LogP contribution is 2.61. The van der Waals surface area contributed by atoms with Crippen molar-refractivity contribution in [2.45, 2.75) is 76.6 Å². The van der Waals surface area contributed by atoms with Crippen LogP contribution in [-0.4, -0.2) is 37.5 Å². The molecule has 0 unspecified atom stereocenters. The van der Waals surface area contributed by atoms with Crippen LogP contribution in [0.4, 0.5) is 17.6 Å². The largest absolute Gasteiger partial charge is 0.466 e. The third kappa shape index (κ3) is 5.38. The summed E-state index contributed by atoms with van der Waals surface area (Å²) in [6.45, 7) is -1.28. The normalized spacial score (nSPS) is 31.2. The molecule has 0 N–H and O–H groups in total. The summed E-state index contributed by atoms with van der Waals surface area (Å²) in [6.07, 6.45) is 4.56. The van der Waals surface area contributed by atoms with Gasteiger partial charge in [0.05, 0.1) is 6.61 Å². The van der Waals surface area contributed by atoms with Crippen molar-refractivity contribution in [3.63, 3.8) is 0 Å². The van der Waals surface area contributed by atoms with Gasteiger partial charge in [0.1, 0.15) is 0 Å². The van der Waals surface area contributed by atoms with E-state index in [1.807, 2.05) is 0 Å². The quantitative estimate of drug-likeness (QED) is 0.387. The minimum absolute atomic E-state index is 0.0266. The Morgan fingerprint density at radius 3 is 1.93 bits per heavy atom. The van der Waals surface area contributed by atoms with Crippen molar-refractivity contribution >= 4 is 11.9 Å². The molecule has 0 radical (unpaired) electrons. The second-order valence-electron chi connectivity index (χ2n) is 8.96. The first-order valence-corrected chi connectivity index (χ1v) is 10.1. The molecule has 4 rings (SSSR count). The van der Waals surface area contributed by atoms with Crippen molar-refractivity contribution in [1.82, 2.24) is 0 Å². The highest BCUT2D eigenvalue weighted by atomic mass is 19.3. The molecule has 0 aromatic carbocycles. The molecule has 0 aliphatic heterocycles. The van der Waals surface area contributed by atoms with Gasteiger partial charge in [-0.05, 0) is 74.5 Å². The smallest absolute Gasteiger partial charge is 0.340 e. The third-order valence-corrected chi connectivity index (χ3v) is 6.57. The van der Waals surface area contributed by atoms with Gasteiger partial charge in [-0.1, -0.05) is 0 Å². The van der Waals surface area contributed by atoms with Crippen LogP contribution in [0.15, 0.2) is 0 Å². The van der Waals surface area contributed by atoms with E-state index < -0.39 is 30.9 Å². The predicted molar refractivity (Wildman–Crippen MR) is 91.9 cm³/mol. The molecule has 4 saturated carbocycles. The van der Waals surface area contributed by atoms with Crippen LogP contribution in [0.3, 0.4) is 0 Å². The lowest BCUT2D eigenvalue weighted by atomic mass is 9.49. The molecule has 0 aromatic heterocycles. The standard InChI is InChI=1S/C20H28F4O4/c21-18(22)20(23,24)12-28-17(26)3-1-2-16(25)27-5-4-19-9-13-6-14(10-19)8-15(7-13)11-19/h13-15,18H,1-12H2. The summed E-state index contributed by atoms with van der Waals surface area (Å²) < 4.78 is 58.7. The summed E-state index contributed by atoms with van der Waals surface area (Å²) in [4.78, 5) is 23.1. The van der Waals surface area contributed by atoms with Crippen molar-refractivity contribution in [2.75, 3.05) is 13.2 Å². The van der Waals surface area contributed by atoms with Gasteiger partial charge in [0.2, 0.25) is 0 Å². The van der Waals surface area contributed by atoms with Crippen LogP contribution in [0.2, 0.25) is 0 Å². The Labute approximate surface area is 162 Å². The Morgan fingerprint density at radius 2 is 1.43 bits per heavy atom. The van der Waals surface area contributed by atoms with E-state index in [9.17, 15) is 27.2 Å².